The molecule has 1 rings (SSSR count). The van der Waals surface area contributed by atoms with E-state index in [0.29, 0.717) is 0 Å². The number of amides is 1. The molecule has 0 aliphatic carbocycles. The SMILES string of the molecule is COC(=O)Nc1cc(Cl)c(OC(F)F)c(Cl)c1. The highest BCUT2D eigenvalue weighted by atomic mass is 35.5. The zero-order valence-corrected chi connectivity index (χ0v) is 9.98. The third kappa shape index (κ3) is 3.90. The molecular weight excluding hydrogens is 279 g/mol. The first kappa shape index (κ1) is 13.8. The first-order valence-electron chi connectivity index (χ1n) is 4.23. The number of nitrogens with one attached hydrogen (secondary N) is 1. The fourth-order valence-corrected chi connectivity index (χ4v) is 1.58. The molecule has 1 N–H and O–H groups in total. The zero-order valence-electron chi connectivity index (χ0n) is 8.47. The molecule has 17 heavy (non-hydrogen) atoms. The Morgan fingerprint density at radius 1 is 1.35 bits per heavy atom. The standard InChI is InChI=1S/C9H7Cl2F2NO3/c1-16-9(15)14-4-2-5(10)7(6(11)3-4)17-8(12)13/h2-3,8H,1H3,(H,14,15). The quantitative estimate of drug-likeness (QED) is 0.920. The van der Waals surface area contributed by atoms with Crippen molar-refractivity contribution in [2.75, 3.05) is 12.4 Å². The molecular formula is C9H7Cl2F2NO3. The van der Waals surface area contributed by atoms with Crippen LogP contribution in [-0.4, -0.2) is 19.8 Å². The van der Waals surface area contributed by atoms with Crippen molar-refractivity contribution >= 4 is 35.0 Å². The summed E-state index contributed by atoms with van der Waals surface area (Å²) in [5, 5.41) is 1.98. The monoisotopic (exact) mass is 285 g/mol. The van der Waals surface area contributed by atoms with Gasteiger partial charge in [-0.1, -0.05) is 23.2 Å². The second-order valence-corrected chi connectivity index (χ2v) is 3.58. The summed E-state index contributed by atoms with van der Waals surface area (Å²) in [4.78, 5) is 10.9. The Morgan fingerprint density at radius 2 is 1.88 bits per heavy atom. The van der Waals surface area contributed by atoms with Gasteiger partial charge in [0.2, 0.25) is 0 Å². The molecule has 0 aliphatic rings. The van der Waals surface area contributed by atoms with Crippen LogP contribution < -0.4 is 10.1 Å². The van der Waals surface area contributed by atoms with Crippen molar-refractivity contribution < 1.29 is 23.0 Å². The van der Waals surface area contributed by atoms with Crippen LogP contribution in [0.2, 0.25) is 10.0 Å². The number of alkyl halides is 2. The van der Waals surface area contributed by atoms with Crippen LogP contribution in [0.3, 0.4) is 0 Å². The number of hydrogen-bond acceptors (Lipinski definition) is 3. The van der Waals surface area contributed by atoms with Gasteiger partial charge in [-0.25, -0.2) is 4.79 Å². The summed E-state index contributed by atoms with van der Waals surface area (Å²) in [7, 11) is 1.17. The summed E-state index contributed by atoms with van der Waals surface area (Å²) < 4.78 is 32.5. The Labute approximate surface area is 105 Å². The molecule has 0 heterocycles. The second-order valence-electron chi connectivity index (χ2n) is 2.76. The number of methoxy groups -OCH3 is 1. The van der Waals surface area contributed by atoms with E-state index in [4.69, 9.17) is 23.2 Å². The number of carbonyl (C=O) groups is 1. The van der Waals surface area contributed by atoms with E-state index in [1.54, 1.807) is 0 Å². The Balaban J connectivity index is 2.96. The number of benzene rings is 1. The third-order valence-corrected chi connectivity index (χ3v) is 2.20. The number of anilines is 1. The van der Waals surface area contributed by atoms with Gasteiger partial charge in [-0.05, 0) is 12.1 Å². The minimum atomic E-state index is -3.04. The lowest BCUT2D eigenvalue weighted by atomic mass is 10.3. The minimum Gasteiger partial charge on any atom is -0.453 e. The second kappa shape index (κ2) is 5.88. The van der Waals surface area contributed by atoms with Gasteiger partial charge < -0.3 is 9.47 Å². The molecule has 0 spiro atoms. The largest absolute Gasteiger partial charge is 0.453 e. The molecule has 0 bridgehead atoms. The number of hydrogen-bond donors (Lipinski definition) is 1. The highest BCUT2D eigenvalue weighted by molar-refractivity contribution is 6.37. The van der Waals surface area contributed by atoms with Gasteiger partial charge in [0.05, 0.1) is 17.2 Å². The summed E-state index contributed by atoms with van der Waals surface area (Å²) in [5.74, 6) is -0.348. The molecule has 1 amide bonds. The van der Waals surface area contributed by atoms with Crippen molar-refractivity contribution in [1.82, 2.24) is 0 Å². The van der Waals surface area contributed by atoms with E-state index in [2.05, 4.69) is 14.8 Å². The summed E-state index contributed by atoms with van der Waals surface area (Å²) in [6.45, 7) is -3.04. The van der Waals surface area contributed by atoms with Crippen LogP contribution in [0.1, 0.15) is 0 Å². The molecule has 0 radical (unpaired) electrons. The maximum Gasteiger partial charge on any atom is 0.411 e. The first-order chi connectivity index (χ1) is 7.93. The molecule has 0 aliphatic heterocycles. The summed E-state index contributed by atoms with van der Waals surface area (Å²) >= 11 is 11.3. The molecule has 8 heteroatoms. The number of halogens is 4. The minimum absolute atomic E-state index is 0.149. The van der Waals surface area contributed by atoms with Crippen LogP contribution in [0.5, 0.6) is 5.75 Å². The maximum atomic E-state index is 12.0. The normalized spacial score (nSPS) is 10.2. The van der Waals surface area contributed by atoms with Crippen LogP contribution in [0.4, 0.5) is 19.3 Å². The fraction of sp³-hybridized carbons (Fsp3) is 0.222. The van der Waals surface area contributed by atoms with Gasteiger partial charge in [0, 0.05) is 5.69 Å². The molecule has 0 atom stereocenters. The molecule has 0 unspecified atom stereocenters. The van der Waals surface area contributed by atoms with Crippen LogP contribution in [-0.2, 0) is 4.74 Å². The van der Waals surface area contributed by atoms with E-state index in [1.165, 1.54) is 19.2 Å². The first-order valence-corrected chi connectivity index (χ1v) is 4.98. The van der Waals surface area contributed by atoms with Crippen molar-refractivity contribution in [1.29, 1.82) is 0 Å². The maximum absolute atomic E-state index is 12.0. The topological polar surface area (TPSA) is 47.6 Å². The predicted octanol–water partition coefficient (Wildman–Crippen LogP) is 3.77. The van der Waals surface area contributed by atoms with Gasteiger partial charge in [-0.2, -0.15) is 8.78 Å². The van der Waals surface area contributed by atoms with Gasteiger partial charge in [0.15, 0.2) is 5.75 Å². The van der Waals surface area contributed by atoms with Crippen LogP contribution in [0.15, 0.2) is 12.1 Å². The molecule has 1 aromatic carbocycles. The number of ether oxygens (including phenoxy) is 2. The lowest BCUT2D eigenvalue weighted by molar-refractivity contribution is -0.0497. The average molecular weight is 286 g/mol. The molecule has 4 nitrogen and oxygen atoms in total. The summed E-state index contributed by atoms with van der Waals surface area (Å²) in [6.07, 6.45) is -0.736. The van der Waals surface area contributed by atoms with Crippen LogP contribution in [0.25, 0.3) is 0 Å². The molecule has 94 valence electrons. The predicted molar refractivity (Wildman–Crippen MR) is 59.1 cm³/mol. The Bertz CT molecular complexity index is 406. The highest BCUT2D eigenvalue weighted by Crippen LogP contribution is 2.36. The van der Waals surface area contributed by atoms with Gasteiger partial charge in [-0.3, -0.25) is 5.32 Å². The molecule has 0 saturated heterocycles. The van der Waals surface area contributed by atoms with E-state index < -0.39 is 12.7 Å². The zero-order chi connectivity index (χ0) is 13.0. The molecule has 0 aromatic heterocycles. The average Bonchev–Trinajstić information content (AvgIpc) is 2.23. The van der Waals surface area contributed by atoms with Crippen molar-refractivity contribution in [3.8, 4) is 5.75 Å². The smallest absolute Gasteiger partial charge is 0.411 e. The Morgan fingerprint density at radius 3 is 2.29 bits per heavy atom. The van der Waals surface area contributed by atoms with Crippen molar-refractivity contribution in [3.63, 3.8) is 0 Å². The Hall–Kier alpha value is -1.27. The number of carbonyl (C=O) groups excluding carboxylic acids is 1. The lowest BCUT2D eigenvalue weighted by Gasteiger charge is -2.11. The van der Waals surface area contributed by atoms with Crippen molar-refractivity contribution in [3.05, 3.63) is 22.2 Å². The fourth-order valence-electron chi connectivity index (χ4n) is 1.00. The highest BCUT2D eigenvalue weighted by Gasteiger charge is 2.15. The van der Waals surface area contributed by atoms with E-state index in [0.717, 1.165) is 0 Å². The number of rotatable bonds is 3. The molecule has 0 saturated carbocycles. The molecule has 0 fully saturated rings. The lowest BCUT2D eigenvalue weighted by Crippen LogP contribution is -2.11. The van der Waals surface area contributed by atoms with E-state index in [9.17, 15) is 13.6 Å². The third-order valence-electron chi connectivity index (χ3n) is 1.64. The summed E-state index contributed by atoms with van der Waals surface area (Å²) in [6, 6.07) is 2.42. The molecule has 1 aromatic rings. The van der Waals surface area contributed by atoms with Crippen molar-refractivity contribution in [2.45, 2.75) is 6.61 Å². The van der Waals surface area contributed by atoms with Crippen LogP contribution in [0, 0.1) is 0 Å². The van der Waals surface area contributed by atoms with Gasteiger partial charge in [0.1, 0.15) is 0 Å². The van der Waals surface area contributed by atoms with E-state index in [-0.39, 0.29) is 21.5 Å². The van der Waals surface area contributed by atoms with Gasteiger partial charge in [-0.15, -0.1) is 0 Å². The van der Waals surface area contributed by atoms with E-state index >= 15 is 0 Å². The van der Waals surface area contributed by atoms with Gasteiger partial charge >= 0.3 is 12.7 Å². The van der Waals surface area contributed by atoms with Crippen molar-refractivity contribution in [2.24, 2.45) is 0 Å². The summed E-state index contributed by atoms with van der Waals surface area (Å²) in [5.41, 5.74) is 0.202. The van der Waals surface area contributed by atoms with Gasteiger partial charge in [0.25, 0.3) is 0 Å². The van der Waals surface area contributed by atoms with E-state index in [1.807, 2.05) is 0 Å². The Kier molecular flexibility index (Phi) is 4.77. The van der Waals surface area contributed by atoms with Crippen LogP contribution >= 0.6 is 23.2 Å².